The molecule has 0 spiro atoms. The average molecular weight is 236 g/mol. The van der Waals surface area contributed by atoms with E-state index in [2.05, 4.69) is 24.8 Å². The van der Waals surface area contributed by atoms with E-state index in [9.17, 15) is 10.4 Å². The maximum atomic E-state index is 10.8. The summed E-state index contributed by atoms with van der Waals surface area (Å²) in [4.78, 5) is 2.14. The molecule has 1 heterocycles. The normalized spacial score (nSPS) is 36.6. The van der Waals surface area contributed by atoms with Crippen molar-refractivity contribution in [2.24, 2.45) is 10.8 Å². The molecule has 0 radical (unpaired) electrons. The lowest BCUT2D eigenvalue weighted by Gasteiger charge is -2.47. The van der Waals surface area contributed by atoms with Crippen LogP contribution in [0.15, 0.2) is 0 Å². The van der Waals surface area contributed by atoms with E-state index >= 15 is 0 Å². The summed E-state index contributed by atoms with van der Waals surface area (Å²) in [5, 5.41) is 20.4. The van der Waals surface area contributed by atoms with Crippen LogP contribution in [0.3, 0.4) is 0 Å². The lowest BCUT2D eigenvalue weighted by Crippen LogP contribution is -2.51. The summed E-state index contributed by atoms with van der Waals surface area (Å²) in [7, 11) is 2.02. The van der Waals surface area contributed by atoms with Gasteiger partial charge in [0.05, 0.1) is 17.1 Å². The molecule has 0 aromatic rings. The topological polar surface area (TPSA) is 47.3 Å². The number of nitrogens with zero attached hydrogens (tertiary/aromatic N) is 2. The van der Waals surface area contributed by atoms with Crippen molar-refractivity contribution in [1.29, 1.82) is 5.26 Å². The maximum Gasteiger partial charge on any atom is 0.0971 e. The van der Waals surface area contributed by atoms with Crippen molar-refractivity contribution < 1.29 is 5.11 Å². The average Bonchev–Trinajstić information content (AvgIpc) is 2.61. The second kappa shape index (κ2) is 3.96. The van der Waals surface area contributed by atoms with Crippen LogP contribution in [0.2, 0.25) is 0 Å². The Hall–Kier alpha value is -0.590. The molecule has 1 unspecified atom stereocenters. The Balaban J connectivity index is 2.20. The van der Waals surface area contributed by atoms with Gasteiger partial charge in [0.15, 0.2) is 0 Å². The minimum atomic E-state index is -0.785. The summed E-state index contributed by atoms with van der Waals surface area (Å²) in [6.07, 6.45) is 4.54. The molecule has 2 rings (SSSR count). The zero-order valence-electron chi connectivity index (χ0n) is 11.3. The highest BCUT2D eigenvalue weighted by atomic mass is 16.3. The number of nitriles is 1. The minimum Gasteiger partial charge on any atom is -0.387 e. The van der Waals surface area contributed by atoms with Gasteiger partial charge in [0.2, 0.25) is 0 Å². The van der Waals surface area contributed by atoms with E-state index in [1.54, 1.807) is 0 Å². The highest BCUT2D eigenvalue weighted by molar-refractivity contribution is 5.16. The summed E-state index contributed by atoms with van der Waals surface area (Å²) in [5.74, 6) is 0. The van der Waals surface area contributed by atoms with Gasteiger partial charge in [-0.05, 0) is 44.6 Å². The number of rotatable bonds is 1. The predicted octanol–water partition coefficient (Wildman–Crippen LogP) is 2.16. The summed E-state index contributed by atoms with van der Waals surface area (Å²) in [6, 6.07) is 2.48. The van der Waals surface area contributed by atoms with Crippen molar-refractivity contribution >= 4 is 0 Å². The third kappa shape index (κ3) is 2.09. The first-order chi connectivity index (χ1) is 7.83. The molecule has 0 amide bonds. The maximum absolute atomic E-state index is 10.8. The van der Waals surface area contributed by atoms with Crippen molar-refractivity contribution in [1.82, 2.24) is 4.90 Å². The Morgan fingerprint density at radius 3 is 2.12 bits per heavy atom. The molecule has 3 heteroatoms. The minimum absolute atomic E-state index is 0.335. The van der Waals surface area contributed by atoms with Gasteiger partial charge >= 0.3 is 0 Å². The van der Waals surface area contributed by atoms with Gasteiger partial charge < -0.3 is 10.0 Å². The second-order valence-corrected chi connectivity index (χ2v) is 6.88. The standard InChI is InChI=1S/C14H24N2O/c1-12(2)4-6-13(10-15,7-5-12)14(17)8-9-16(3)11-14/h17H,4-9,11H2,1-3H3. The summed E-state index contributed by atoms with van der Waals surface area (Å²) < 4.78 is 0. The van der Waals surface area contributed by atoms with Crippen molar-refractivity contribution in [3.8, 4) is 6.07 Å². The third-order valence-electron chi connectivity index (χ3n) is 5.00. The Labute approximate surface area is 104 Å². The molecule has 96 valence electrons. The SMILES string of the molecule is CN1CCC(O)(C2(C#N)CCC(C)(C)CC2)C1. The van der Waals surface area contributed by atoms with Gasteiger partial charge in [-0.1, -0.05) is 13.8 Å². The Kier molecular flexibility index (Phi) is 3.00. The van der Waals surface area contributed by atoms with E-state index in [1.807, 2.05) is 7.05 Å². The third-order valence-corrected chi connectivity index (χ3v) is 5.00. The largest absolute Gasteiger partial charge is 0.387 e. The number of hydrogen-bond donors (Lipinski definition) is 1. The van der Waals surface area contributed by atoms with Crippen molar-refractivity contribution in [2.75, 3.05) is 20.1 Å². The van der Waals surface area contributed by atoms with Gasteiger partial charge in [-0.15, -0.1) is 0 Å². The van der Waals surface area contributed by atoms with Crippen LogP contribution < -0.4 is 0 Å². The van der Waals surface area contributed by atoms with E-state index in [-0.39, 0.29) is 0 Å². The molecular formula is C14H24N2O. The van der Waals surface area contributed by atoms with Crippen LogP contribution in [-0.2, 0) is 0 Å². The van der Waals surface area contributed by atoms with E-state index in [0.29, 0.717) is 12.0 Å². The summed E-state index contributed by atoms with van der Waals surface area (Å²) in [6.45, 7) is 6.09. The fourth-order valence-corrected chi connectivity index (χ4v) is 3.41. The molecule has 1 aliphatic carbocycles. The van der Waals surface area contributed by atoms with Gasteiger partial charge in [0.25, 0.3) is 0 Å². The second-order valence-electron chi connectivity index (χ2n) is 6.88. The van der Waals surface area contributed by atoms with Crippen LogP contribution in [0.5, 0.6) is 0 Å². The lowest BCUT2D eigenvalue weighted by atomic mass is 9.58. The highest BCUT2D eigenvalue weighted by Gasteiger charge is 2.55. The zero-order valence-corrected chi connectivity index (χ0v) is 11.3. The predicted molar refractivity (Wildman–Crippen MR) is 67.4 cm³/mol. The molecular weight excluding hydrogens is 212 g/mol. The van der Waals surface area contributed by atoms with Gasteiger partial charge in [-0.25, -0.2) is 0 Å². The molecule has 17 heavy (non-hydrogen) atoms. The molecule has 1 saturated heterocycles. The molecule has 2 aliphatic rings. The van der Waals surface area contributed by atoms with Crippen LogP contribution in [0, 0.1) is 22.2 Å². The first kappa shape index (κ1) is 12.9. The zero-order chi connectivity index (χ0) is 12.7. The monoisotopic (exact) mass is 236 g/mol. The molecule has 0 bridgehead atoms. The molecule has 1 saturated carbocycles. The number of β-amino-alcohol motifs (C(OH)–C–C–N with tert-alkyl or cyclic N) is 1. The van der Waals surface area contributed by atoms with Crippen LogP contribution in [0.1, 0.15) is 46.0 Å². The van der Waals surface area contributed by atoms with E-state index < -0.39 is 11.0 Å². The van der Waals surface area contributed by atoms with Crippen LogP contribution in [0.4, 0.5) is 0 Å². The van der Waals surface area contributed by atoms with Crippen molar-refractivity contribution in [3.63, 3.8) is 0 Å². The Morgan fingerprint density at radius 1 is 1.12 bits per heavy atom. The van der Waals surface area contributed by atoms with Gasteiger partial charge in [0, 0.05) is 13.1 Å². The van der Waals surface area contributed by atoms with E-state index in [4.69, 9.17) is 0 Å². The smallest absolute Gasteiger partial charge is 0.0971 e. The fourth-order valence-electron chi connectivity index (χ4n) is 3.41. The lowest BCUT2D eigenvalue weighted by molar-refractivity contribution is -0.0752. The number of likely N-dealkylation sites (N-methyl/N-ethyl adjacent to an activating group) is 1. The Bertz CT molecular complexity index is 335. The van der Waals surface area contributed by atoms with Gasteiger partial charge in [0.1, 0.15) is 0 Å². The molecule has 0 aromatic carbocycles. The number of hydrogen-bond acceptors (Lipinski definition) is 3. The van der Waals surface area contributed by atoms with Gasteiger partial charge in [-0.2, -0.15) is 5.26 Å². The fraction of sp³-hybridized carbons (Fsp3) is 0.929. The van der Waals surface area contributed by atoms with Crippen LogP contribution >= 0.6 is 0 Å². The van der Waals surface area contributed by atoms with Gasteiger partial charge in [-0.3, -0.25) is 0 Å². The van der Waals surface area contributed by atoms with E-state index in [0.717, 1.165) is 38.6 Å². The van der Waals surface area contributed by atoms with Crippen molar-refractivity contribution in [3.05, 3.63) is 0 Å². The summed E-state index contributed by atoms with van der Waals surface area (Å²) in [5.41, 5.74) is -0.957. The molecule has 1 atom stereocenters. The first-order valence-electron chi connectivity index (χ1n) is 6.65. The number of likely N-dealkylation sites (tertiary alicyclic amines) is 1. The highest BCUT2D eigenvalue weighted by Crippen LogP contribution is 2.52. The molecule has 3 nitrogen and oxygen atoms in total. The molecule has 0 aromatic heterocycles. The molecule has 1 aliphatic heterocycles. The quantitative estimate of drug-likeness (QED) is 0.759. The van der Waals surface area contributed by atoms with Crippen LogP contribution in [0.25, 0.3) is 0 Å². The van der Waals surface area contributed by atoms with Crippen LogP contribution in [-0.4, -0.2) is 35.7 Å². The van der Waals surface area contributed by atoms with Crippen molar-refractivity contribution in [2.45, 2.75) is 51.6 Å². The number of aliphatic hydroxyl groups is 1. The molecule has 2 fully saturated rings. The molecule has 1 N–H and O–H groups in total. The summed E-state index contributed by atoms with van der Waals surface area (Å²) >= 11 is 0. The first-order valence-corrected chi connectivity index (χ1v) is 6.65. The Morgan fingerprint density at radius 2 is 1.71 bits per heavy atom. The van der Waals surface area contributed by atoms with E-state index in [1.165, 1.54) is 0 Å².